The Bertz CT molecular complexity index is 113. The fourth-order valence-electron chi connectivity index (χ4n) is 0.0958. The zero-order valence-electron chi connectivity index (χ0n) is 4.09. The lowest BCUT2D eigenvalue weighted by Gasteiger charge is -2.28. The highest BCUT2D eigenvalue weighted by Crippen LogP contribution is 2.49. The number of hydrogen-bond donors (Lipinski definition) is 0. The molecule has 0 aliphatic rings. The van der Waals surface area contributed by atoms with Gasteiger partial charge in [-0.1, -0.05) is 61.9 Å². The van der Waals surface area contributed by atoms with Crippen LogP contribution in [0.3, 0.4) is 0 Å². The van der Waals surface area contributed by atoms with E-state index in [1.807, 2.05) is 0 Å². The summed E-state index contributed by atoms with van der Waals surface area (Å²) in [7, 11) is 0. The SMILES string of the molecule is ClN(Cl)C(Cl)(Cl)C(Cl)(Cl)Cl. The lowest BCUT2D eigenvalue weighted by molar-refractivity contribution is 0.582. The number of hydrogen-bond acceptors (Lipinski definition) is 1. The molecule has 0 aromatic heterocycles. The van der Waals surface area contributed by atoms with Crippen molar-refractivity contribution in [3.8, 4) is 0 Å². The topological polar surface area (TPSA) is 3.24 Å². The molecule has 0 saturated carbocycles. The highest BCUT2D eigenvalue weighted by molar-refractivity contribution is 6.76. The molecule has 0 aliphatic carbocycles. The minimum atomic E-state index is -1.97. The summed E-state index contributed by atoms with van der Waals surface area (Å²) in [6.07, 6.45) is 0. The van der Waals surface area contributed by atoms with E-state index in [0.717, 1.165) is 0 Å². The maximum absolute atomic E-state index is 5.38. The van der Waals surface area contributed by atoms with Crippen molar-refractivity contribution in [1.29, 1.82) is 0 Å². The van der Waals surface area contributed by atoms with E-state index >= 15 is 0 Å². The van der Waals surface area contributed by atoms with E-state index in [4.69, 9.17) is 81.6 Å². The Labute approximate surface area is 93.2 Å². The average Bonchev–Trinajstić information content (AvgIpc) is 1.62. The van der Waals surface area contributed by atoms with Crippen molar-refractivity contribution in [2.24, 2.45) is 0 Å². The van der Waals surface area contributed by atoms with Crippen LogP contribution in [0.25, 0.3) is 0 Å². The third kappa shape index (κ3) is 2.80. The van der Waals surface area contributed by atoms with Gasteiger partial charge in [0.05, 0.1) is 0 Å². The van der Waals surface area contributed by atoms with Crippen molar-refractivity contribution in [2.75, 3.05) is 0 Å². The maximum atomic E-state index is 5.38. The Morgan fingerprint density at radius 2 is 1.10 bits per heavy atom. The Kier molecular flexibility index (Phi) is 4.56. The first kappa shape index (κ1) is 12.0. The second kappa shape index (κ2) is 3.80. The molecule has 0 heterocycles. The second-order valence-electron chi connectivity index (χ2n) is 1.27. The van der Waals surface area contributed by atoms with Crippen LogP contribution in [0.2, 0.25) is 0 Å². The van der Waals surface area contributed by atoms with Gasteiger partial charge in [0, 0.05) is 0 Å². The first-order chi connectivity index (χ1) is 4.19. The van der Waals surface area contributed by atoms with E-state index in [-0.39, 0.29) is 0 Å². The minimum Gasteiger partial charge on any atom is -0.0907 e. The molecule has 1 nitrogen and oxygen atoms in total. The molecule has 0 aliphatic heterocycles. The van der Waals surface area contributed by atoms with Gasteiger partial charge >= 0.3 is 0 Å². The molecule has 0 bridgehead atoms. The van der Waals surface area contributed by atoms with Crippen molar-refractivity contribution in [2.45, 2.75) is 8.25 Å². The minimum absolute atomic E-state index is 0.350. The fraction of sp³-hybridized carbons (Fsp3) is 1.00. The lowest BCUT2D eigenvalue weighted by atomic mass is 10.7. The van der Waals surface area contributed by atoms with Crippen LogP contribution >= 0.6 is 81.6 Å². The van der Waals surface area contributed by atoms with Crippen LogP contribution in [0.5, 0.6) is 0 Å². The Hall–Kier alpha value is 1.99. The van der Waals surface area contributed by atoms with Gasteiger partial charge < -0.3 is 0 Å². The van der Waals surface area contributed by atoms with Crippen LogP contribution in [0.15, 0.2) is 0 Å². The van der Waals surface area contributed by atoms with Crippen LogP contribution in [-0.2, 0) is 0 Å². The van der Waals surface area contributed by atoms with E-state index in [1.54, 1.807) is 0 Å². The molecule has 0 saturated heterocycles. The van der Waals surface area contributed by atoms with E-state index in [9.17, 15) is 0 Å². The number of rotatable bonds is 1. The van der Waals surface area contributed by atoms with Gasteiger partial charge in [0.25, 0.3) is 0 Å². The third-order valence-electron chi connectivity index (χ3n) is 0.553. The van der Waals surface area contributed by atoms with Crippen molar-refractivity contribution >= 4 is 81.6 Å². The summed E-state index contributed by atoms with van der Waals surface area (Å²) in [4.78, 5) is 0. The molecule has 0 aromatic carbocycles. The maximum Gasteiger partial charge on any atom is 0.245 e. The van der Waals surface area contributed by atoms with Gasteiger partial charge in [-0.15, -0.1) is 0 Å². The molecule has 0 N–H and O–H groups in total. The summed E-state index contributed by atoms with van der Waals surface area (Å²) in [6.45, 7) is 0. The smallest absolute Gasteiger partial charge is 0.0907 e. The van der Waals surface area contributed by atoms with E-state index < -0.39 is 8.25 Å². The number of nitrogens with zero attached hydrogens (tertiary/aromatic N) is 1. The summed E-state index contributed by atoms with van der Waals surface area (Å²) >= 11 is 36.9. The highest BCUT2D eigenvalue weighted by Gasteiger charge is 2.50. The highest BCUT2D eigenvalue weighted by atomic mass is 35.6. The van der Waals surface area contributed by atoms with E-state index in [0.29, 0.717) is 3.94 Å². The molecule has 0 atom stereocenters. The summed E-state index contributed by atoms with van der Waals surface area (Å²) < 4.78 is -3.58. The molecular formula is C2Cl7N. The van der Waals surface area contributed by atoms with Gasteiger partial charge in [-0.2, -0.15) is 0 Å². The molecule has 0 amide bonds. The van der Waals surface area contributed by atoms with Gasteiger partial charge in [-0.05, 0) is 23.6 Å². The largest absolute Gasteiger partial charge is 0.245 e. The predicted molar refractivity (Wildman–Crippen MR) is 48.3 cm³/mol. The van der Waals surface area contributed by atoms with E-state index in [1.165, 1.54) is 0 Å². The summed E-state index contributed by atoms with van der Waals surface area (Å²) in [6, 6.07) is 0. The molecular weight excluding hydrogens is 286 g/mol. The standard InChI is InChI=1S/C2Cl7N/c3-1(4,5)2(6,7)10(8)9. The fourth-order valence-corrected chi connectivity index (χ4v) is 0.862. The summed E-state index contributed by atoms with van der Waals surface area (Å²) in [5, 5.41) is 0. The van der Waals surface area contributed by atoms with Crippen molar-refractivity contribution in [1.82, 2.24) is 3.94 Å². The van der Waals surface area contributed by atoms with Gasteiger partial charge in [-0.3, -0.25) is 0 Å². The molecule has 0 unspecified atom stereocenters. The third-order valence-corrected chi connectivity index (χ3v) is 3.71. The normalized spacial score (nSPS) is 14.4. The van der Waals surface area contributed by atoms with Crippen LogP contribution < -0.4 is 0 Å². The first-order valence-electron chi connectivity index (χ1n) is 1.76. The number of halogens is 7. The van der Waals surface area contributed by atoms with Crippen molar-refractivity contribution in [3.63, 3.8) is 0 Å². The second-order valence-corrected chi connectivity index (χ2v) is 5.69. The van der Waals surface area contributed by atoms with Crippen molar-refractivity contribution < 1.29 is 0 Å². The molecule has 0 spiro atoms. The van der Waals surface area contributed by atoms with Crippen molar-refractivity contribution in [3.05, 3.63) is 0 Å². The number of alkyl halides is 5. The van der Waals surface area contributed by atoms with Gasteiger partial charge in [0.1, 0.15) is 0 Å². The van der Waals surface area contributed by atoms with Crippen LogP contribution in [0, 0.1) is 0 Å². The zero-order chi connectivity index (χ0) is 8.58. The molecule has 0 fully saturated rings. The molecule has 62 valence electrons. The zero-order valence-corrected chi connectivity index (χ0v) is 9.38. The molecule has 8 heteroatoms. The molecule has 0 rings (SSSR count). The van der Waals surface area contributed by atoms with Gasteiger partial charge in [0.15, 0.2) is 0 Å². The molecule has 10 heavy (non-hydrogen) atoms. The Balaban J connectivity index is 4.40. The van der Waals surface area contributed by atoms with Gasteiger partial charge in [-0.25, -0.2) is 0 Å². The lowest BCUT2D eigenvalue weighted by Crippen LogP contribution is -2.39. The van der Waals surface area contributed by atoms with Crippen LogP contribution in [0.4, 0.5) is 0 Å². The van der Waals surface area contributed by atoms with Crippen LogP contribution in [0.1, 0.15) is 0 Å². The Morgan fingerprint density at radius 3 is 1.10 bits per heavy atom. The van der Waals surface area contributed by atoms with Gasteiger partial charge in [0.2, 0.25) is 8.25 Å². The molecule has 0 aromatic rings. The molecule has 0 radical (unpaired) electrons. The monoisotopic (exact) mass is 283 g/mol. The summed E-state index contributed by atoms with van der Waals surface area (Å²) in [5.74, 6) is 0. The Morgan fingerprint density at radius 1 is 0.800 bits per heavy atom. The predicted octanol–water partition coefficient (Wildman–Crippen LogP) is 4.10. The van der Waals surface area contributed by atoms with E-state index in [2.05, 4.69) is 0 Å². The summed E-state index contributed by atoms with van der Waals surface area (Å²) in [5.41, 5.74) is 0. The average molecular weight is 286 g/mol. The van der Waals surface area contributed by atoms with Crippen LogP contribution in [-0.4, -0.2) is 12.2 Å². The first-order valence-corrected chi connectivity index (χ1v) is 4.32. The quantitative estimate of drug-likeness (QED) is 0.398.